The van der Waals surface area contributed by atoms with Crippen molar-refractivity contribution in [2.24, 2.45) is 0 Å². The largest absolute Gasteiger partial charge is 0.359 e. The zero-order valence-electron chi connectivity index (χ0n) is 9.17. The van der Waals surface area contributed by atoms with Crippen molar-refractivity contribution >= 4 is 16.5 Å². The summed E-state index contributed by atoms with van der Waals surface area (Å²) in [4.78, 5) is 0. The summed E-state index contributed by atoms with van der Waals surface area (Å²) in [5.74, 6) is 0. The third kappa shape index (κ3) is 1.86. The van der Waals surface area contributed by atoms with Crippen LogP contribution in [0.4, 0.5) is 5.69 Å². The topological polar surface area (TPSA) is 12.0 Å². The molecule has 2 aromatic rings. The van der Waals surface area contributed by atoms with Crippen LogP contribution in [-0.4, -0.2) is 0 Å². The van der Waals surface area contributed by atoms with Crippen molar-refractivity contribution in [1.29, 1.82) is 0 Å². The Labute approximate surface area is 90.4 Å². The number of benzene rings is 2. The second-order valence-electron chi connectivity index (χ2n) is 3.88. The minimum atomic E-state index is 0.967. The predicted octanol–water partition coefficient (Wildman–Crippen LogP) is 4.09. The summed E-state index contributed by atoms with van der Waals surface area (Å²) in [6.07, 6.45) is 0. The molecule has 0 radical (unpaired) electrons. The van der Waals surface area contributed by atoms with Crippen LogP contribution in [0.25, 0.3) is 10.8 Å². The van der Waals surface area contributed by atoms with E-state index in [0.29, 0.717) is 0 Å². The number of hydrogen-bond acceptors (Lipinski definition) is 1. The molecular formula is C14H15N. The number of hydrogen-bond donors (Lipinski definition) is 1. The van der Waals surface area contributed by atoms with Crippen molar-refractivity contribution in [3.8, 4) is 0 Å². The highest BCUT2D eigenvalue weighted by Gasteiger charge is 2.03. The summed E-state index contributed by atoms with van der Waals surface area (Å²) < 4.78 is 0. The molecule has 1 heteroatoms. The maximum Gasteiger partial charge on any atom is 0.0490 e. The lowest BCUT2D eigenvalue weighted by atomic mass is 10.0. The van der Waals surface area contributed by atoms with Crippen LogP contribution in [0.3, 0.4) is 0 Å². The average Bonchev–Trinajstić information content (AvgIpc) is 2.22. The third-order valence-corrected chi connectivity index (χ3v) is 2.48. The van der Waals surface area contributed by atoms with Crippen LogP contribution >= 0.6 is 0 Å². The Balaban J connectivity index is 2.68. The van der Waals surface area contributed by atoms with Gasteiger partial charge in [0.1, 0.15) is 0 Å². The molecule has 0 aliphatic rings. The minimum Gasteiger partial charge on any atom is -0.359 e. The number of rotatable bonds is 2. The molecule has 0 fully saturated rings. The van der Waals surface area contributed by atoms with Crippen LogP contribution < -0.4 is 5.32 Å². The molecule has 0 atom stereocenters. The quantitative estimate of drug-likeness (QED) is 0.764. The second kappa shape index (κ2) is 3.77. The van der Waals surface area contributed by atoms with Crippen molar-refractivity contribution in [1.82, 2.24) is 0 Å². The summed E-state index contributed by atoms with van der Waals surface area (Å²) in [6.45, 7) is 7.97. The fraction of sp³-hybridized carbons (Fsp3) is 0.143. The lowest BCUT2D eigenvalue weighted by Gasteiger charge is -2.12. The van der Waals surface area contributed by atoms with Crippen molar-refractivity contribution in [3.63, 3.8) is 0 Å². The molecule has 0 saturated heterocycles. The fourth-order valence-electron chi connectivity index (χ4n) is 1.76. The van der Waals surface area contributed by atoms with Crippen molar-refractivity contribution < 1.29 is 0 Å². The van der Waals surface area contributed by atoms with Crippen LogP contribution in [0.2, 0.25) is 0 Å². The van der Waals surface area contributed by atoms with E-state index in [1.54, 1.807) is 0 Å². The molecule has 0 saturated carbocycles. The Hall–Kier alpha value is -1.76. The Kier molecular flexibility index (Phi) is 2.46. The Morgan fingerprint density at radius 3 is 2.60 bits per heavy atom. The highest BCUT2D eigenvalue weighted by molar-refractivity contribution is 5.95. The van der Waals surface area contributed by atoms with Crippen LogP contribution in [0.15, 0.2) is 48.7 Å². The Bertz CT molecular complexity index is 512. The summed E-state index contributed by atoms with van der Waals surface area (Å²) in [7, 11) is 0. The van der Waals surface area contributed by atoms with E-state index in [4.69, 9.17) is 0 Å². The number of nitrogens with one attached hydrogen (secondary N) is 1. The van der Waals surface area contributed by atoms with E-state index in [9.17, 15) is 0 Å². The molecule has 0 heterocycles. The lowest BCUT2D eigenvalue weighted by molar-refractivity contribution is 1.37. The van der Waals surface area contributed by atoms with E-state index in [0.717, 1.165) is 5.70 Å². The smallest absolute Gasteiger partial charge is 0.0490 e. The molecule has 2 aromatic carbocycles. The lowest BCUT2D eigenvalue weighted by Crippen LogP contribution is -1.97. The number of anilines is 1. The van der Waals surface area contributed by atoms with Crippen LogP contribution in [0, 0.1) is 6.92 Å². The molecule has 0 spiro atoms. The fourth-order valence-corrected chi connectivity index (χ4v) is 1.76. The first kappa shape index (κ1) is 9.78. The van der Waals surface area contributed by atoms with Gasteiger partial charge < -0.3 is 5.32 Å². The zero-order chi connectivity index (χ0) is 10.8. The first-order chi connectivity index (χ1) is 7.18. The second-order valence-corrected chi connectivity index (χ2v) is 3.88. The number of aryl methyl sites for hydroxylation is 1. The molecule has 0 aliphatic carbocycles. The Morgan fingerprint density at radius 2 is 1.87 bits per heavy atom. The van der Waals surface area contributed by atoms with Gasteiger partial charge in [-0.1, -0.05) is 43.0 Å². The van der Waals surface area contributed by atoms with Gasteiger partial charge >= 0.3 is 0 Å². The minimum absolute atomic E-state index is 0.967. The standard InChI is InChI=1S/C14H15N/c1-10(2)15-14-11(3)8-9-12-6-4-5-7-13(12)14/h4-9,15H,1H2,2-3H3. The summed E-state index contributed by atoms with van der Waals surface area (Å²) in [6, 6.07) is 12.7. The highest BCUT2D eigenvalue weighted by atomic mass is 14.9. The molecule has 0 amide bonds. The Morgan fingerprint density at radius 1 is 1.13 bits per heavy atom. The number of fused-ring (bicyclic) bond motifs is 1. The summed E-state index contributed by atoms with van der Waals surface area (Å²) >= 11 is 0. The van der Waals surface area contributed by atoms with Gasteiger partial charge in [0, 0.05) is 16.8 Å². The molecule has 15 heavy (non-hydrogen) atoms. The van der Waals surface area contributed by atoms with Crippen LogP contribution in [0.1, 0.15) is 12.5 Å². The third-order valence-electron chi connectivity index (χ3n) is 2.48. The van der Waals surface area contributed by atoms with Crippen LogP contribution in [0.5, 0.6) is 0 Å². The van der Waals surface area contributed by atoms with Gasteiger partial charge in [-0.15, -0.1) is 0 Å². The molecule has 76 valence electrons. The van der Waals surface area contributed by atoms with Gasteiger partial charge in [0.2, 0.25) is 0 Å². The van der Waals surface area contributed by atoms with Crippen molar-refractivity contribution in [2.45, 2.75) is 13.8 Å². The first-order valence-corrected chi connectivity index (χ1v) is 5.09. The van der Waals surface area contributed by atoms with E-state index >= 15 is 0 Å². The van der Waals surface area contributed by atoms with E-state index in [1.165, 1.54) is 22.0 Å². The van der Waals surface area contributed by atoms with Crippen molar-refractivity contribution in [2.75, 3.05) is 5.32 Å². The molecule has 0 unspecified atom stereocenters. The molecule has 2 rings (SSSR count). The maximum absolute atomic E-state index is 3.89. The average molecular weight is 197 g/mol. The highest BCUT2D eigenvalue weighted by Crippen LogP contribution is 2.27. The van der Waals surface area contributed by atoms with Gasteiger partial charge in [0.25, 0.3) is 0 Å². The molecule has 0 aromatic heterocycles. The van der Waals surface area contributed by atoms with E-state index < -0.39 is 0 Å². The van der Waals surface area contributed by atoms with Gasteiger partial charge in [-0.05, 0) is 24.8 Å². The monoisotopic (exact) mass is 197 g/mol. The predicted molar refractivity (Wildman–Crippen MR) is 67.1 cm³/mol. The van der Waals surface area contributed by atoms with Gasteiger partial charge in [-0.3, -0.25) is 0 Å². The molecule has 0 aliphatic heterocycles. The molecule has 1 nitrogen and oxygen atoms in total. The van der Waals surface area contributed by atoms with Crippen LogP contribution in [-0.2, 0) is 0 Å². The van der Waals surface area contributed by atoms with E-state index in [1.807, 2.05) is 6.92 Å². The maximum atomic E-state index is 3.89. The van der Waals surface area contributed by atoms with Gasteiger partial charge in [-0.25, -0.2) is 0 Å². The molecule has 0 bridgehead atoms. The zero-order valence-corrected chi connectivity index (χ0v) is 9.17. The van der Waals surface area contributed by atoms with Crippen molar-refractivity contribution in [3.05, 3.63) is 54.2 Å². The summed E-state index contributed by atoms with van der Waals surface area (Å²) in [5, 5.41) is 5.83. The number of allylic oxidation sites excluding steroid dienone is 1. The van der Waals surface area contributed by atoms with Gasteiger partial charge in [0.15, 0.2) is 0 Å². The molecule has 1 N–H and O–H groups in total. The normalized spacial score (nSPS) is 10.3. The molecular weight excluding hydrogens is 182 g/mol. The van der Waals surface area contributed by atoms with Gasteiger partial charge in [-0.2, -0.15) is 0 Å². The summed E-state index contributed by atoms with van der Waals surface area (Å²) in [5.41, 5.74) is 3.38. The first-order valence-electron chi connectivity index (χ1n) is 5.09. The van der Waals surface area contributed by atoms with E-state index in [2.05, 4.69) is 55.2 Å². The van der Waals surface area contributed by atoms with Gasteiger partial charge in [0.05, 0.1) is 0 Å². The SMILES string of the molecule is C=C(C)Nc1c(C)ccc2ccccc12. The van der Waals surface area contributed by atoms with E-state index in [-0.39, 0.29) is 0 Å².